The van der Waals surface area contributed by atoms with E-state index in [9.17, 15) is 9.59 Å². The van der Waals surface area contributed by atoms with Crippen LogP contribution in [-0.2, 0) is 0 Å². The predicted molar refractivity (Wildman–Crippen MR) is 151 cm³/mol. The molecule has 2 amide bonds. The highest BCUT2D eigenvalue weighted by molar-refractivity contribution is 6.12. The second-order valence-electron chi connectivity index (χ2n) is 8.51. The molecule has 6 nitrogen and oxygen atoms in total. The number of hydrogen-bond acceptors (Lipinski definition) is 4. The Morgan fingerprint density at radius 3 is 1.29 bits per heavy atom. The largest absolute Gasteiger partial charge is 0.493 e. The SMILES string of the molecule is CCOc1ccccc1C(=O)N(c1ccccc1)C(C)N(C(=O)c1ccccc1OCC)c1ccccc1. The van der Waals surface area contributed by atoms with Gasteiger partial charge in [0, 0.05) is 11.4 Å². The molecule has 0 saturated carbocycles. The standard InChI is InChI=1S/C32H32N2O4/c1-4-37-29-22-14-12-20-27(29)31(35)33(25-16-8-6-9-17-25)24(3)34(26-18-10-7-11-19-26)32(36)28-21-13-15-23-30(28)38-5-2/h6-24H,4-5H2,1-3H3. The van der Waals surface area contributed by atoms with Gasteiger partial charge in [-0.05, 0) is 69.3 Å². The van der Waals surface area contributed by atoms with Gasteiger partial charge in [0.05, 0.1) is 24.3 Å². The summed E-state index contributed by atoms with van der Waals surface area (Å²) in [6.45, 7) is 6.46. The van der Waals surface area contributed by atoms with E-state index in [-0.39, 0.29) is 11.8 Å². The Bertz CT molecular complexity index is 1250. The van der Waals surface area contributed by atoms with Crippen molar-refractivity contribution in [1.82, 2.24) is 0 Å². The van der Waals surface area contributed by atoms with E-state index in [2.05, 4.69) is 0 Å². The van der Waals surface area contributed by atoms with Crippen molar-refractivity contribution < 1.29 is 19.1 Å². The number of carbonyl (C=O) groups is 2. The lowest BCUT2D eigenvalue weighted by molar-refractivity contribution is 0.0949. The van der Waals surface area contributed by atoms with Gasteiger partial charge in [-0.1, -0.05) is 60.7 Å². The molecule has 4 aromatic carbocycles. The van der Waals surface area contributed by atoms with Crippen LogP contribution < -0.4 is 19.3 Å². The van der Waals surface area contributed by atoms with Crippen molar-refractivity contribution in [2.45, 2.75) is 26.9 Å². The van der Waals surface area contributed by atoms with Crippen molar-refractivity contribution >= 4 is 23.2 Å². The van der Waals surface area contributed by atoms with Gasteiger partial charge in [0.15, 0.2) is 0 Å². The van der Waals surface area contributed by atoms with E-state index in [4.69, 9.17) is 9.47 Å². The van der Waals surface area contributed by atoms with Crippen molar-refractivity contribution in [1.29, 1.82) is 0 Å². The lowest BCUT2D eigenvalue weighted by Crippen LogP contribution is -2.52. The molecule has 4 aromatic rings. The Morgan fingerprint density at radius 1 is 0.579 bits per heavy atom. The molecule has 0 aliphatic rings. The molecule has 194 valence electrons. The summed E-state index contributed by atoms with van der Waals surface area (Å²) in [5.74, 6) is 0.430. The zero-order valence-electron chi connectivity index (χ0n) is 21.9. The average Bonchev–Trinajstić information content (AvgIpc) is 2.95. The molecule has 0 saturated heterocycles. The molecule has 0 aliphatic heterocycles. The summed E-state index contributed by atoms with van der Waals surface area (Å²) < 4.78 is 11.6. The molecular weight excluding hydrogens is 476 g/mol. The maximum atomic E-state index is 14.2. The van der Waals surface area contributed by atoms with Gasteiger partial charge >= 0.3 is 0 Å². The fourth-order valence-electron chi connectivity index (χ4n) is 4.41. The molecule has 0 aliphatic carbocycles. The molecular formula is C32H32N2O4. The van der Waals surface area contributed by atoms with E-state index >= 15 is 0 Å². The number of rotatable bonds is 10. The van der Waals surface area contributed by atoms with E-state index in [0.717, 1.165) is 0 Å². The van der Waals surface area contributed by atoms with Gasteiger partial charge in [0.25, 0.3) is 11.8 Å². The van der Waals surface area contributed by atoms with Gasteiger partial charge in [-0.15, -0.1) is 0 Å². The van der Waals surface area contributed by atoms with Crippen LogP contribution in [0.4, 0.5) is 11.4 Å². The Morgan fingerprint density at radius 2 is 0.921 bits per heavy atom. The van der Waals surface area contributed by atoms with Gasteiger partial charge in [0.2, 0.25) is 0 Å². The fraction of sp³-hybridized carbons (Fsp3) is 0.188. The van der Waals surface area contributed by atoms with Crippen LogP contribution in [0.5, 0.6) is 11.5 Å². The van der Waals surface area contributed by atoms with Gasteiger partial charge in [-0.2, -0.15) is 0 Å². The lowest BCUT2D eigenvalue weighted by atomic mass is 10.1. The minimum Gasteiger partial charge on any atom is -0.493 e. The normalized spacial score (nSPS) is 10.6. The van der Waals surface area contributed by atoms with E-state index in [0.29, 0.717) is 47.2 Å². The molecule has 0 N–H and O–H groups in total. The van der Waals surface area contributed by atoms with Gasteiger partial charge in [0.1, 0.15) is 17.7 Å². The summed E-state index contributed by atoms with van der Waals surface area (Å²) in [7, 11) is 0. The maximum absolute atomic E-state index is 14.2. The highest BCUT2D eigenvalue weighted by Crippen LogP contribution is 2.31. The summed E-state index contributed by atoms with van der Waals surface area (Å²) in [5.41, 5.74) is 2.15. The molecule has 0 radical (unpaired) electrons. The Hall–Kier alpha value is -4.58. The molecule has 38 heavy (non-hydrogen) atoms. The minimum atomic E-state index is -0.704. The maximum Gasteiger partial charge on any atom is 0.263 e. The first kappa shape index (κ1) is 26.5. The van der Waals surface area contributed by atoms with Gasteiger partial charge < -0.3 is 9.47 Å². The van der Waals surface area contributed by atoms with E-state index in [1.165, 1.54) is 0 Å². The van der Waals surface area contributed by atoms with Crippen LogP contribution in [0.25, 0.3) is 0 Å². The smallest absolute Gasteiger partial charge is 0.263 e. The van der Waals surface area contributed by atoms with E-state index < -0.39 is 6.17 Å². The third kappa shape index (κ3) is 5.70. The van der Waals surface area contributed by atoms with Crippen molar-refractivity contribution in [3.05, 3.63) is 120 Å². The van der Waals surface area contributed by atoms with Crippen molar-refractivity contribution in [2.75, 3.05) is 23.0 Å². The van der Waals surface area contributed by atoms with Crippen molar-refractivity contribution in [2.24, 2.45) is 0 Å². The van der Waals surface area contributed by atoms with E-state index in [1.807, 2.05) is 106 Å². The predicted octanol–water partition coefficient (Wildman–Crippen LogP) is 6.82. The first-order chi connectivity index (χ1) is 18.6. The number of amides is 2. The van der Waals surface area contributed by atoms with E-state index in [1.54, 1.807) is 34.1 Å². The third-order valence-electron chi connectivity index (χ3n) is 6.09. The Labute approximate surface area is 224 Å². The van der Waals surface area contributed by atoms with Crippen LogP contribution in [0.1, 0.15) is 41.5 Å². The number of ether oxygens (including phenoxy) is 2. The molecule has 6 heteroatoms. The third-order valence-corrected chi connectivity index (χ3v) is 6.09. The van der Waals surface area contributed by atoms with Crippen LogP contribution in [0, 0.1) is 0 Å². The number of benzene rings is 4. The molecule has 0 fully saturated rings. The van der Waals surface area contributed by atoms with Crippen LogP contribution >= 0.6 is 0 Å². The molecule has 0 atom stereocenters. The summed E-state index contributed by atoms with van der Waals surface area (Å²) >= 11 is 0. The molecule has 0 unspecified atom stereocenters. The minimum absolute atomic E-state index is 0.278. The highest BCUT2D eigenvalue weighted by Gasteiger charge is 2.34. The van der Waals surface area contributed by atoms with Crippen molar-refractivity contribution in [3.8, 4) is 11.5 Å². The second kappa shape index (κ2) is 12.6. The monoisotopic (exact) mass is 508 g/mol. The Kier molecular flexibility index (Phi) is 8.77. The zero-order valence-corrected chi connectivity index (χ0v) is 21.9. The van der Waals surface area contributed by atoms with Gasteiger partial charge in [-0.3, -0.25) is 19.4 Å². The van der Waals surface area contributed by atoms with Crippen LogP contribution in [-0.4, -0.2) is 31.2 Å². The summed E-state index contributed by atoms with van der Waals surface area (Å²) in [6.07, 6.45) is -0.704. The summed E-state index contributed by atoms with van der Waals surface area (Å²) in [5, 5.41) is 0. The second-order valence-corrected chi connectivity index (χ2v) is 8.51. The lowest BCUT2D eigenvalue weighted by Gasteiger charge is -2.38. The van der Waals surface area contributed by atoms with Gasteiger partial charge in [-0.25, -0.2) is 0 Å². The van der Waals surface area contributed by atoms with Crippen LogP contribution in [0.15, 0.2) is 109 Å². The number of carbonyl (C=O) groups excluding carboxylic acids is 2. The van der Waals surface area contributed by atoms with Crippen LogP contribution in [0.2, 0.25) is 0 Å². The topological polar surface area (TPSA) is 59.1 Å². The van der Waals surface area contributed by atoms with Crippen LogP contribution in [0.3, 0.4) is 0 Å². The number of anilines is 2. The zero-order chi connectivity index (χ0) is 26.9. The first-order valence-corrected chi connectivity index (χ1v) is 12.8. The highest BCUT2D eigenvalue weighted by atomic mass is 16.5. The molecule has 4 rings (SSSR count). The molecule has 0 aromatic heterocycles. The first-order valence-electron chi connectivity index (χ1n) is 12.8. The number of para-hydroxylation sites is 4. The Balaban J connectivity index is 1.86. The molecule has 0 bridgehead atoms. The average molecular weight is 509 g/mol. The summed E-state index contributed by atoms with van der Waals surface area (Å²) in [4.78, 5) is 31.7. The fourth-order valence-corrected chi connectivity index (χ4v) is 4.41. The molecule has 0 spiro atoms. The number of nitrogens with zero attached hydrogens (tertiary/aromatic N) is 2. The van der Waals surface area contributed by atoms with Crippen molar-refractivity contribution in [3.63, 3.8) is 0 Å². The summed E-state index contributed by atoms with van der Waals surface area (Å²) in [6, 6.07) is 33.0. The number of hydrogen-bond donors (Lipinski definition) is 0. The quantitative estimate of drug-likeness (QED) is 0.221. The molecule has 0 heterocycles.